The minimum absolute atomic E-state index is 0.453. The van der Waals surface area contributed by atoms with E-state index < -0.39 is 0 Å². The first-order valence-corrected chi connectivity index (χ1v) is 5.95. The Bertz CT molecular complexity index is 341. The highest BCUT2D eigenvalue weighted by Crippen LogP contribution is 2.17. The molecule has 1 aliphatic carbocycles. The Labute approximate surface area is 91.5 Å². The minimum atomic E-state index is 0.453. The second kappa shape index (κ2) is 5.11. The standard InChI is InChI=1S/C14H18O/c15-14-10-4-3-8-12-6-1-2-7-13(12)9-5-11-14/h1-2,6-7H,3-5,8-11H2. The molecule has 1 aromatic carbocycles. The molecule has 0 N–H and O–H groups in total. The molecule has 0 saturated carbocycles. The number of aryl methyl sites for hydroxylation is 2. The molecule has 0 amide bonds. The van der Waals surface area contributed by atoms with Crippen molar-refractivity contribution in [2.45, 2.75) is 44.9 Å². The summed E-state index contributed by atoms with van der Waals surface area (Å²) in [5.74, 6) is 0.453. The van der Waals surface area contributed by atoms with Crippen molar-refractivity contribution in [3.05, 3.63) is 35.4 Å². The maximum atomic E-state index is 11.4. The lowest BCUT2D eigenvalue weighted by Crippen LogP contribution is -2.03. The van der Waals surface area contributed by atoms with Crippen LogP contribution in [0.25, 0.3) is 0 Å². The van der Waals surface area contributed by atoms with Gasteiger partial charge in [0.25, 0.3) is 0 Å². The van der Waals surface area contributed by atoms with Crippen LogP contribution in [0, 0.1) is 0 Å². The van der Waals surface area contributed by atoms with Crippen LogP contribution in [0.2, 0.25) is 0 Å². The first-order valence-electron chi connectivity index (χ1n) is 5.95. The van der Waals surface area contributed by atoms with Gasteiger partial charge < -0.3 is 0 Å². The number of hydrogen-bond acceptors (Lipinski definition) is 1. The largest absolute Gasteiger partial charge is 0.300 e. The van der Waals surface area contributed by atoms with Gasteiger partial charge in [0.15, 0.2) is 0 Å². The predicted molar refractivity (Wildman–Crippen MR) is 61.9 cm³/mol. The van der Waals surface area contributed by atoms with E-state index in [0.29, 0.717) is 5.78 Å². The molecule has 0 fully saturated rings. The quantitative estimate of drug-likeness (QED) is 0.631. The molecule has 0 saturated heterocycles. The molecule has 0 heterocycles. The van der Waals surface area contributed by atoms with Gasteiger partial charge in [0.2, 0.25) is 0 Å². The molecule has 0 aromatic heterocycles. The van der Waals surface area contributed by atoms with Crippen molar-refractivity contribution in [3.63, 3.8) is 0 Å². The van der Waals surface area contributed by atoms with Crippen LogP contribution in [0.15, 0.2) is 24.3 Å². The molecular formula is C14H18O. The van der Waals surface area contributed by atoms with E-state index in [9.17, 15) is 4.79 Å². The van der Waals surface area contributed by atoms with Gasteiger partial charge in [0.1, 0.15) is 5.78 Å². The van der Waals surface area contributed by atoms with Crippen molar-refractivity contribution >= 4 is 5.78 Å². The molecule has 80 valence electrons. The zero-order chi connectivity index (χ0) is 10.5. The van der Waals surface area contributed by atoms with E-state index in [-0.39, 0.29) is 0 Å². The van der Waals surface area contributed by atoms with E-state index in [1.807, 2.05) is 0 Å². The van der Waals surface area contributed by atoms with Gasteiger partial charge in [-0.2, -0.15) is 0 Å². The van der Waals surface area contributed by atoms with Gasteiger partial charge in [-0.1, -0.05) is 24.3 Å². The average molecular weight is 202 g/mol. The Kier molecular flexibility index (Phi) is 3.54. The van der Waals surface area contributed by atoms with Crippen LogP contribution in [0.4, 0.5) is 0 Å². The summed E-state index contributed by atoms with van der Waals surface area (Å²) >= 11 is 0. The second-order valence-electron chi connectivity index (χ2n) is 4.37. The van der Waals surface area contributed by atoms with E-state index in [1.165, 1.54) is 11.1 Å². The molecule has 1 aromatic rings. The number of carbonyl (C=O) groups excluding carboxylic acids is 1. The monoisotopic (exact) mass is 202 g/mol. The zero-order valence-electron chi connectivity index (χ0n) is 9.17. The summed E-state index contributed by atoms with van der Waals surface area (Å²) in [6.07, 6.45) is 7.02. The normalized spacial score (nSPS) is 18.3. The number of hydrogen-bond donors (Lipinski definition) is 0. The number of ketones is 1. The van der Waals surface area contributed by atoms with Crippen LogP contribution in [0.5, 0.6) is 0 Å². The Morgan fingerprint density at radius 3 is 2.00 bits per heavy atom. The van der Waals surface area contributed by atoms with E-state index in [1.54, 1.807) is 0 Å². The van der Waals surface area contributed by atoms with E-state index in [2.05, 4.69) is 24.3 Å². The number of Topliss-reactive ketones (excluding diaryl/α,β-unsaturated/α-hetero) is 1. The third-order valence-corrected chi connectivity index (χ3v) is 3.17. The fourth-order valence-electron chi connectivity index (χ4n) is 2.28. The lowest BCUT2D eigenvalue weighted by Gasteiger charge is -2.11. The molecule has 0 radical (unpaired) electrons. The third kappa shape index (κ3) is 2.92. The fourth-order valence-corrected chi connectivity index (χ4v) is 2.28. The summed E-state index contributed by atoms with van der Waals surface area (Å²) in [6, 6.07) is 8.67. The van der Waals surface area contributed by atoms with Gasteiger partial charge in [0, 0.05) is 12.8 Å². The van der Waals surface area contributed by atoms with Gasteiger partial charge in [-0.15, -0.1) is 0 Å². The highest BCUT2D eigenvalue weighted by molar-refractivity contribution is 5.78. The Morgan fingerprint density at radius 2 is 1.27 bits per heavy atom. The smallest absolute Gasteiger partial charge is 0.132 e. The summed E-state index contributed by atoms with van der Waals surface area (Å²) in [4.78, 5) is 11.4. The van der Waals surface area contributed by atoms with Crippen LogP contribution in [0.1, 0.15) is 43.2 Å². The minimum Gasteiger partial charge on any atom is -0.300 e. The zero-order valence-corrected chi connectivity index (χ0v) is 9.17. The molecule has 0 unspecified atom stereocenters. The summed E-state index contributed by atoms with van der Waals surface area (Å²) in [6.45, 7) is 0. The molecule has 1 nitrogen and oxygen atoms in total. The van der Waals surface area contributed by atoms with E-state index in [0.717, 1.165) is 44.9 Å². The molecule has 0 spiro atoms. The number of benzene rings is 1. The van der Waals surface area contributed by atoms with Crippen molar-refractivity contribution in [3.8, 4) is 0 Å². The van der Waals surface area contributed by atoms with E-state index in [4.69, 9.17) is 0 Å². The topological polar surface area (TPSA) is 17.1 Å². The third-order valence-electron chi connectivity index (χ3n) is 3.17. The van der Waals surface area contributed by atoms with Gasteiger partial charge in [-0.05, 0) is 43.2 Å². The lowest BCUT2D eigenvalue weighted by atomic mass is 9.94. The molecule has 0 atom stereocenters. The highest BCUT2D eigenvalue weighted by Gasteiger charge is 2.07. The molecular weight excluding hydrogens is 184 g/mol. The van der Waals surface area contributed by atoms with Crippen LogP contribution in [-0.4, -0.2) is 5.78 Å². The maximum Gasteiger partial charge on any atom is 0.132 e. The molecule has 0 bridgehead atoms. The van der Waals surface area contributed by atoms with Gasteiger partial charge >= 0.3 is 0 Å². The van der Waals surface area contributed by atoms with E-state index >= 15 is 0 Å². The summed E-state index contributed by atoms with van der Waals surface area (Å²) in [5, 5.41) is 0. The summed E-state index contributed by atoms with van der Waals surface area (Å²) < 4.78 is 0. The van der Waals surface area contributed by atoms with Gasteiger partial charge in [-0.25, -0.2) is 0 Å². The first kappa shape index (κ1) is 10.4. The predicted octanol–water partition coefficient (Wildman–Crippen LogP) is 3.30. The van der Waals surface area contributed by atoms with Crippen LogP contribution < -0.4 is 0 Å². The molecule has 1 heteroatoms. The van der Waals surface area contributed by atoms with Gasteiger partial charge in [0.05, 0.1) is 0 Å². The SMILES string of the molecule is O=C1CCCCc2ccccc2CCC1. The Morgan fingerprint density at radius 1 is 0.733 bits per heavy atom. The second-order valence-corrected chi connectivity index (χ2v) is 4.37. The Hall–Kier alpha value is -1.11. The number of rotatable bonds is 0. The van der Waals surface area contributed by atoms with Crippen molar-refractivity contribution in [2.75, 3.05) is 0 Å². The summed E-state index contributed by atoms with van der Waals surface area (Å²) in [7, 11) is 0. The van der Waals surface area contributed by atoms with Crippen LogP contribution in [0.3, 0.4) is 0 Å². The van der Waals surface area contributed by atoms with Gasteiger partial charge in [-0.3, -0.25) is 4.79 Å². The molecule has 2 rings (SSSR count). The van der Waals surface area contributed by atoms with Crippen molar-refractivity contribution in [1.82, 2.24) is 0 Å². The lowest BCUT2D eigenvalue weighted by molar-refractivity contribution is -0.119. The van der Waals surface area contributed by atoms with Crippen molar-refractivity contribution < 1.29 is 4.79 Å². The number of carbonyl (C=O) groups is 1. The number of fused-ring (bicyclic) bond motifs is 1. The van der Waals surface area contributed by atoms with Crippen LogP contribution >= 0.6 is 0 Å². The summed E-state index contributed by atoms with van der Waals surface area (Å²) in [5.41, 5.74) is 2.94. The molecule has 15 heavy (non-hydrogen) atoms. The van der Waals surface area contributed by atoms with Crippen molar-refractivity contribution in [1.29, 1.82) is 0 Å². The average Bonchev–Trinajstić information content (AvgIpc) is 2.26. The maximum absolute atomic E-state index is 11.4. The van der Waals surface area contributed by atoms with Crippen LogP contribution in [-0.2, 0) is 17.6 Å². The van der Waals surface area contributed by atoms with Crippen molar-refractivity contribution in [2.24, 2.45) is 0 Å². The first-order chi connectivity index (χ1) is 7.36. The highest BCUT2D eigenvalue weighted by atomic mass is 16.1. The Balaban J connectivity index is 2.11. The molecule has 0 aliphatic heterocycles. The fraction of sp³-hybridized carbons (Fsp3) is 0.500. The molecule has 1 aliphatic rings.